The zero-order valence-corrected chi connectivity index (χ0v) is 14.7. The second-order valence-electron chi connectivity index (χ2n) is 6.81. The fourth-order valence-corrected chi connectivity index (χ4v) is 3.74. The molecule has 2 unspecified atom stereocenters. The van der Waals surface area contributed by atoms with Gasteiger partial charge in [-0.25, -0.2) is 0 Å². The highest BCUT2D eigenvalue weighted by atomic mass is 16.5. The quantitative estimate of drug-likeness (QED) is 0.907. The second-order valence-corrected chi connectivity index (χ2v) is 6.81. The Kier molecular flexibility index (Phi) is 4.70. The number of hydrazone groups is 1. The Balaban J connectivity index is 1.46. The molecule has 130 valence electrons. The number of rotatable bonds is 5. The van der Waals surface area contributed by atoms with E-state index in [2.05, 4.69) is 52.7 Å². The predicted octanol–water partition coefficient (Wildman–Crippen LogP) is 3.61. The van der Waals surface area contributed by atoms with Crippen molar-refractivity contribution in [2.45, 2.75) is 26.0 Å². The number of benzene rings is 2. The molecule has 4 rings (SSSR count). The highest BCUT2D eigenvalue weighted by Crippen LogP contribution is 2.33. The van der Waals surface area contributed by atoms with Gasteiger partial charge in [-0.3, -0.25) is 0 Å². The molecule has 25 heavy (non-hydrogen) atoms. The minimum absolute atomic E-state index is 0.254. The summed E-state index contributed by atoms with van der Waals surface area (Å²) in [5.41, 5.74) is 7.13. The number of nitrogens with one attached hydrogen (secondary N) is 1. The van der Waals surface area contributed by atoms with Gasteiger partial charge in [-0.05, 0) is 29.8 Å². The van der Waals surface area contributed by atoms with E-state index in [0.29, 0.717) is 12.5 Å². The van der Waals surface area contributed by atoms with Crippen LogP contribution in [0.15, 0.2) is 59.7 Å². The summed E-state index contributed by atoms with van der Waals surface area (Å²) >= 11 is 0. The van der Waals surface area contributed by atoms with E-state index in [1.54, 1.807) is 0 Å². The molecular weight excluding hydrogens is 310 g/mol. The third-order valence-electron chi connectivity index (χ3n) is 5.23. The van der Waals surface area contributed by atoms with E-state index in [4.69, 9.17) is 4.74 Å². The molecule has 0 aliphatic carbocycles. The molecule has 2 aliphatic rings. The maximum Gasteiger partial charge on any atom is 0.120 e. The fourth-order valence-electron chi connectivity index (χ4n) is 3.74. The van der Waals surface area contributed by atoms with Gasteiger partial charge in [0.1, 0.15) is 12.4 Å². The first-order valence-corrected chi connectivity index (χ1v) is 9.14. The maximum absolute atomic E-state index is 6.00. The van der Waals surface area contributed by atoms with Gasteiger partial charge in [0.25, 0.3) is 0 Å². The highest BCUT2D eigenvalue weighted by Gasteiger charge is 2.36. The van der Waals surface area contributed by atoms with Crippen molar-refractivity contribution in [2.75, 3.05) is 19.6 Å². The van der Waals surface area contributed by atoms with Crippen LogP contribution in [0.1, 0.15) is 30.5 Å². The van der Waals surface area contributed by atoms with Crippen molar-refractivity contribution in [1.82, 2.24) is 10.3 Å². The third-order valence-corrected chi connectivity index (χ3v) is 5.23. The molecule has 0 saturated carbocycles. The largest absolute Gasteiger partial charge is 0.489 e. The molecule has 0 bridgehead atoms. The summed E-state index contributed by atoms with van der Waals surface area (Å²) in [6.45, 7) is 6.15. The molecular formula is C21H25N3O. The van der Waals surface area contributed by atoms with Crippen LogP contribution in [0.4, 0.5) is 0 Å². The van der Waals surface area contributed by atoms with Crippen LogP contribution in [0, 0.1) is 5.92 Å². The van der Waals surface area contributed by atoms with E-state index in [1.165, 1.54) is 16.8 Å². The number of ether oxygens (including phenoxy) is 1. The van der Waals surface area contributed by atoms with Gasteiger partial charge in [0, 0.05) is 31.1 Å². The van der Waals surface area contributed by atoms with Gasteiger partial charge in [0.05, 0.1) is 6.04 Å². The van der Waals surface area contributed by atoms with Gasteiger partial charge >= 0.3 is 0 Å². The van der Waals surface area contributed by atoms with Crippen LogP contribution in [0.25, 0.3) is 0 Å². The van der Waals surface area contributed by atoms with Gasteiger partial charge in [-0.1, -0.05) is 49.4 Å². The van der Waals surface area contributed by atoms with Gasteiger partial charge < -0.3 is 15.1 Å². The third kappa shape index (κ3) is 3.54. The zero-order valence-electron chi connectivity index (χ0n) is 14.7. The molecule has 4 heteroatoms. The van der Waals surface area contributed by atoms with Gasteiger partial charge in [0.15, 0.2) is 0 Å². The van der Waals surface area contributed by atoms with Crippen LogP contribution >= 0.6 is 0 Å². The van der Waals surface area contributed by atoms with Crippen molar-refractivity contribution >= 4 is 5.71 Å². The van der Waals surface area contributed by atoms with E-state index in [0.717, 1.165) is 31.8 Å². The summed E-state index contributed by atoms with van der Waals surface area (Å²) in [5.74, 6) is 1.39. The minimum atomic E-state index is 0.254. The van der Waals surface area contributed by atoms with Crippen LogP contribution in [0.2, 0.25) is 0 Å². The molecule has 1 N–H and O–H groups in total. The van der Waals surface area contributed by atoms with Gasteiger partial charge in [0.2, 0.25) is 0 Å². The molecule has 2 aliphatic heterocycles. The number of likely N-dealkylation sites (tertiary alicyclic amines) is 1. The lowest BCUT2D eigenvalue weighted by atomic mass is 9.86. The zero-order chi connectivity index (χ0) is 17.1. The summed E-state index contributed by atoms with van der Waals surface area (Å²) in [7, 11) is 0. The predicted molar refractivity (Wildman–Crippen MR) is 101 cm³/mol. The first-order chi connectivity index (χ1) is 12.3. The number of fused-ring (bicyclic) bond motifs is 1. The van der Waals surface area contributed by atoms with Crippen LogP contribution < -0.4 is 10.2 Å². The number of piperidine rings is 1. The van der Waals surface area contributed by atoms with Crippen molar-refractivity contribution in [1.29, 1.82) is 0 Å². The van der Waals surface area contributed by atoms with E-state index in [-0.39, 0.29) is 6.04 Å². The van der Waals surface area contributed by atoms with Crippen molar-refractivity contribution in [3.05, 3.63) is 65.7 Å². The monoisotopic (exact) mass is 335 g/mol. The van der Waals surface area contributed by atoms with E-state index < -0.39 is 0 Å². The van der Waals surface area contributed by atoms with E-state index in [9.17, 15) is 0 Å². The molecule has 1 fully saturated rings. The molecule has 4 nitrogen and oxygen atoms in total. The fraction of sp³-hybridized carbons (Fsp3) is 0.381. The molecule has 2 atom stereocenters. The lowest BCUT2D eigenvalue weighted by Crippen LogP contribution is -2.41. The molecule has 2 heterocycles. The molecule has 0 radical (unpaired) electrons. The normalized spacial score (nSPS) is 22.8. The Morgan fingerprint density at radius 1 is 1.16 bits per heavy atom. The van der Waals surface area contributed by atoms with Crippen LogP contribution in [0.5, 0.6) is 5.75 Å². The summed E-state index contributed by atoms with van der Waals surface area (Å²) in [4.78, 5) is 2.51. The molecule has 0 spiro atoms. The Labute approximate surface area is 149 Å². The summed E-state index contributed by atoms with van der Waals surface area (Å²) in [6.07, 6.45) is 1.08. The standard InChI is InChI=1S/C21H25N3O/c1-2-24-12-11-20-19(14-24)21(23-22-20)17-9-6-10-18(13-17)25-15-16-7-4-3-5-8-16/h3-10,13,19,21,23H,2,11-12,14-15H2,1H3. The van der Waals surface area contributed by atoms with Crippen LogP contribution in [-0.4, -0.2) is 30.2 Å². The van der Waals surface area contributed by atoms with Crippen LogP contribution in [0.3, 0.4) is 0 Å². The highest BCUT2D eigenvalue weighted by molar-refractivity contribution is 5.89. The lowest BCUT2D eigenvalue weighted by molar-refractivity contribution is 0.238. The molecule has 0 aromatic heterocycles. The van der Waals surface area contributed by atoms with E-state index in [1.807, 2.05) is 24.3 Å². The molecule has 0 amide bonds. The van der Waals surface area contributed by atoms with Gasteiger partial charge in [-0.15, -0.1) is 0 Å². The summed E-state index contributed by atoms with van der Waals surface area (Å²) in [6, 6.07) is 19.0. The number of hydrogen-bond donors (Lipinski definition) is 1. The Morgan fingerprint density at radius 2 is 2.04 bits per heavy atom. The number of hydrogen-bond acceptors (Lipinski definition) is 4. The first-order valence-electron chi connectivity index (χ1n) is 9.14. The SMILES string of the molecule is CCN1CCC2=NNC(c3cccc(OCc4ccccc4)c3)C2C1. The molecule has 2 aromatic rings. The summed E-state index contributed by atoms with van der Waals surface area (Å²) < 4.78 is 6.00. The number of nitrogens with zero attached hydrogens (tertiary/aromatic N) is 2. The average Bonchev–Trinajstić information content (AvgIpc) is 3.10. The Morgan fingerprint density at radius 3 is 2.88 bits per heavy atom. The van der Waals surface area contributed by atoms with Crippen molar-refractivity contribution in [2.24, 2.45) is 11.0 Å². The second kappa shape index (κ2) is 7.28. The maximum atomic E-state index is 6.00. The lowest BCUT2D eigenvalue weighted by Gasteiger charge is -2.32. The first kappa shape index (κ1) is 16.2. The van der Waals surface area contributed by atoms with Crippen molar-refractivity contribution in [3.8, 4) is 5.75 Å². The summed E-state index contributed by atoms with van der Waals surface area (Å²) in [5, 5.41) is 4.61. The smallest absolute Gasteiger partial charge is 0.120 e. The van der Waals surface area contributed by atoms with Crippen LogP contribution in [-0.2, 0) is 6.61 Å². The average molecular weight is 335 g/mol. The van der Waals surface area contributed by atoms with E-state index >= 15 is 0 Å². The van der Waals surface area contributed by atoms with Crippen molar-refractivity contribution in [3.63, 3.8) is 0 Å². The Bertz CT molecular complexity index is 744. The molecule has 1 saturated heterocycles. The topological polar surface area (TPSA) is 36.9 Å². The molecule has 2 aromatic carbocycles. The van der Waals surface area contributed by atoms with Crippen molar-refractivity contribution < 1.29 is 4.74 Å². The minimum Gasteiger partial charge on any atom is -0.489 e. The van der Waals surface area contributed by atoms with Gasteiger partial charge in [-0.2, -0.15) is 5.10 Å². The Hall–Kier alpha value is -2.33.